The predicted molar refractivity (Wildman–Crippen MR) is 87.6 cm³/mol. The van der Waals surface area contributed by atoms with Crippen molar-refractivity contribution < 1.29 is 4.79 Å². The molecule has 2 aromatic heterocycles. The van der Waals surface area contributed by atoms with Gasteiger partial charge in [0.25, 0.3) is 0 Å². The van der Waals surface area contributed by atoms with E-state index >= 15 is 0 Å². The molecule has 122 valence electrons. The first-order valence-corrected chi connectivity index (χ1v) is 8.14. The minimum absolute atomic E-state index is 0.0344. The molecule has 6 heteroatoms. The van der Waals surface area contributed by atoms with Crippen LogP contribution >= 0.6 is 0 Å². The van der Waals surface area contributed by atoms with Gasteiger partial charge in [0.15, 0.2) is 0 Å². The first-order chi connectivity index (χ1) is 11.1. The summed E-state index contributed by atoms with van der Waals surface area (Å²) in [5, 5.41) is 0. The molecule has 0 aliphatic carbocycles. The van der Waals surface area contributed by atoms with Crippen molar-refractivity contribution >= 4 is 5.91 Å². The number of likely N-dealkylation sites (tertiary alicyclic amines) is 1. The fourth-order valence-corrected chi connectivity index (χ4v) is 3.20. The van der Waals surface area contributed by atoms with Gasteiger partial charge in [0.05, 0.1) is 23.9 Å². The van der Waals surface area contributed by atoms with E-state index in [4.69, 9.17) is 0 Å². The highest BCUT2D eigenvalue weighted by Gasteiger charge is 2.29. The second kappa shape index (κ2) is 6.48. The van der Waals surface area contributed by atoms with Gasteiger partial charge in [-0.3, -0.25) is 14.8 Å². The molecule has 23 heavy (non-hydrogen) atoms. The average Bonchev–Trinajstić information content (AvgIpc) is 3.00. The highest BCUT2D eigenvalue weighted by Crippen LogP contribution is 2.31. The molecular formula is C17H23N5O. The summed E-state index contributed by atoms with van der Waals surface area (Å²) in [7, 11) is 1.95. The highest BCUT2D eigenvalue weighted by molar-refractivity contribution is 5.78. The molecule has 1 saturated heterocycles. The van der Waals surface area contributed by atoms with E-state index in [1.54, 1.807) is 18.7 Å². The van der Waals surface area contributed by atoms with Crippen molar-refractivity contribution in [2.45, 2.75) is 32.6 Å². The number of aromatic nitrogens is 4. The second-order valence-electron chi connectivity index (χ2n) is 6.46. The molecule has 0 N–H and O–H groups in total. The van der Waals surface area contributed by atoms with Crippen LogP contribution in [0.3, 0.4) is 0 Å². The second-order valence-corrected chi connectivity index (χ2v) is 6.46. The zero-order valence-corrected chi connectivity index (χ0v) is 13.9. The molecule has 1 atom stereocenters. The Morgan fingerprint density at radius 1 is 1.30 bits per heavy atom. The lowest BCUT2D eigenvalue weighted by Gasteiger charge is -2.34. The van der Waals surface area contributed by atoms with E-state index in [0.29, 0.717) is 0 Å². The molecule has 0 bridgehead atoms. The normalized spacial score (nSPS) is 18.4. The first-order valence-electron chi connectivity index (χ1n) is 8.14. The molecule has 1 aliphatic rings. The summed E-state index contributed by atoms with van der Waals surface area (Å²) >= 11 is 0. The van der Waals surface area contributed by atoms with Crippen LogP contribution in [0.15, 0.2) is 24.9 Å². The molecule has 0 spiro atoms. The Morgan fingerprint density at radius 2 is 2.09 bits per heavy atom. The fourth-order valence-electron chi connectivity index (χ4n) is 3.20. The zero-order chi connectivity index (χ0) is 16.4. The lowest BCUT2D eigenvalue weighted by Crippen LogP contribution is -2.41. The van der Waals surface area contributed by atoms with Crippen LogP contribution in [0.25, 0.3) is 11.4 Å². The van der Waals surface area contributed by atoms with Crippen LogP contribution in [0.1, 0.15) is 38.3 Å². The number of hydrogen-bond donors (Lipinski definition) is 0. The van der Waals surface area contributed by atoms with E-state index in [2.05, 4.69) is 15.0 Å². The largest absolute Gasteiger partial charge is 0.342 e. The number of imidazole rings is 1. The van der Waals surface area contributed by atoms with Gasteiger partial charge in [0.1, 0.15) is 5.69 Å². The van der Waals surface area contributed by atoms with Crippen molar-refractivity contribution in [2.24, 2.45) is 13.0 Å². The number of carbonyl (C=O) groups excluding carboxylic acids is 1. The molecule has 1 unspecified atom stereocenters. The summed E-state index contributed by atoms with van der Waals surface area (Å²) in [4.78, 5) is 27.6. The van der Waals surface area contributed by atoms with Crippen LogP contribution < -0.4 is 0 Å². The van der Waals surface area contributed by atoms with E-state index in [1.807, 2.05) is 36.6 Å². The third-order valence-electron chi connectivity index (χ3n) is 4.40. The maximum Gasteiger partial charge on any atom is 0.225 e. The van der Waals surface area contributed by atoms with Gasteiger partial charge < -0.3 is 9.47 Å². The standard InChI is InChI=1S/C17H23N5O/c1-12(2)17(23)22-8-4-5-13(10-22)15-16(20-7-6-19-15)14-9-18-11-21(14)3/h6-7,9,11-13H,4-5,8,10H2,1-3H3. The summed E-state index contributed by atoms with van der Waals surface area (Å²) in [6, 6.07) is 0. The number of hydrogen-bond acceptors (Lipinski definition) is 4. The monoisotopic (exact) mass is 313 g/mol. The molecule has 1 aliphatic heterocycles. The van der Waals surface area contributed by atoms with Crippen molar-refractivity contribution in [1.29, 1.82) is 0 Å². The highest BCUT2D eigenvalue weighted by atomic mass is 16.2. The van der Waals surface area contributed by atoms with Gasteiger partial charge in [-0.1, -0.05) is 13.8 Å². The number of rotatable bonds is 3. The molecule has 3 rings (SSSR count). The SMILES string of the molecule is CC(C)C(=O)N1CCCC(c2nccnc2-c2cncn2C)C1. The third kappa shape index (κ3) is 3.11. The van der Waals surface area contributed by atoms with Gasteiger partial charge in [0, 0.05) is 44.4 Å². The van der Waals surface area contributed by atoms with Crippen molar-refractivity contribution in [3.05, 3.63) is 30.6 Å². The Kier molecular flexibility index (Phi) is 4.41. The Balaban J connectivity index is 1.90. The number of nitrogens with zero attached hydrogens (tertiary/aromatic N) is 5. The van der Waals surface area contributed by atoms with Gasteiger partial charge in [-0.05, 0) is 12.8 Å². The molecule has 3 heterocycles. The van der Waals surface area contributed by atoms with Crippen molar-refractivity contribution in [3.8, 4) is 11.4 Å². The lowest BCUT2D eigenvalue weighted by atomic mass is 9.92. The van der Waals surface area contributed by atoms with Gasteiger partial charge in [0.2, 0.25) is 5.91 Å². The molecule has 1 fully saturated rings. The van der Waals surface area contributed by atoms with Gasteiger partial charge >= 0.3 is 0 Å². The summed E-state index contributed by atoms with van der Waals surface area (Å²) in [6.45, 7) is 5.47. The lowest BCUT2D eigenvalue weighted by molar-refractivity contribution is -0.135. The van der Waals surface area contributed by atoms with E-state index in [0.717, 1.165) is 43.0 Å². The number of aryl methyl sites for hydroxylation is 1. The van der Waals surface area contributed by atoms with Crippen LogP contribution in [0.2, 0.25) is 0 Å². The Bertz CT molecular complexity index is 694. The molecular weight excluding hydrogens is 290 g/mol. The third-order valence-corrected chi connectivity index (χ3v) is 4.40. The summed E-state index contributed by atoms with van der Waals surface area (Å²) in [5.41, 5.74) is 2.80. The number of amides is 1. The summed E-state index contributed by atoms with van der Waals surface area (Å²) in [6.07, 6.45) is 9.07. The van der Waals surface area contributed by atoms with Crippen LogP contribution in [-0.2, 0) is 11.8 Å². The molecule has 2 aromatic rings. The van der Waals surface area contributed by atoms with E-state index < -0.39 is 0 Å². The van der Waals surface area contributed by atoms with Crippen LogP contribution in [0.4, 0.5) is 0 Å². The maximum atomic E-state index is 12.3. The molecule has 1 amide bonds. The maximum absolute atomic E-state index is 12.3. The van der Waals surface area contributed by atoms with E-state index in [-0.39, 0.29) is 17.7 Å². The smallest absolute Gasteiger partial charge is 0.225 e. The van der Waals surface area contributed by atoms with Crippen LogP contribution in [0, 0.1) is 5.92 Å². The van der Waals surface area contributed by atoms with E-state index in [1.165, 1.54) is 0 Å². The van der Waals surface area contributed by atoms with E-state index in [9.17, 15) is 4.79 Å². The number of piperidine rings is 1. The minimum atomic E-state index is 0.0344. The molecule has 6 nitrogen and oxygen atoms in total. The Hall–Kier alpha value is -2.24. The van der Waals surface area contributed by atoms with Gasteiger partial charge in [-0.2, -0.15) is 0 Å². The number of carbonyl (C=O) groups is 1. The molecule has 0 saturated carbocycles. The predicted octanol–water partition coefficient (Wildman–Crippen LogP) is 2.24. The topological polar surface area (TPSA) is 63.9 Å². The fraction of sp³-hybridized carbons (Fsp3) is 0.529. The quantitative estimate of drug-likeness (QED) is 0.872. The van der Waals surface area contributed by atoms with Crippen LogP contribution in [-0.4, -0.2) is 43.4 Å². The molecule has 0 radical (unpaired) electrons. The van der Waals surface area contributed by atoms with Gasteiger partial charge in [-0.25, -0.2) is 4.98 Å². The van der Waals surface area contributed by atoms with Crippen molar-refractivity contribution in [3.63, 3.8) is 0 Å². The average molecular weight is 313 g/mol. The first kappa shape index (κ1) is 15.6. The Morgan fingerprint density at radius 3 is 2.78 bits per heavy atom. The minimum Gasteiger partial charge on any atom is -0.342 e. The molecule has 0 aromatic carbocycles. The zero-order valence-electron chi connectivity index (χ0n) is 13.9. The van der Waals surface area contributed by atoms with Crippen molar-refractivity contribution in [1.82, 2.24) is 24.4 Å². The van der Waals surface area contributed by atoms with Crippen molar-refractivity contribution in [2.75, 3.05) is 13.1 Å². The summed E-state index contributed by atoms with van der Waals surface area (Å²) < 4.78 is 1.95. The van der Waals surface area contributed by atoms with Crippen LogP contribution in [0.5, 0.6) is 0 Å². The summed E-state index contributed by atoms with van der Waals surface area (Å²) in [5.74, 6) is 0.484. The Labute approximate surface area is 136 Å². The van der Waals surface area contributed by atoms with Gasteiger partial charge in [-0.15, -0.1) is 0 Å².